The number of carbonyl (C=O) groups is 1. The number of nitrogens with two attached hydrogens (primary N) is 1. The predicted molar refractivity (Wildman–Crippen MR) is 59.8 cm³/mol. The Morgan fingerprint density at radius 2 is 1.88 bits per heavy atom. The third-order valence-electron chi connectivity index (χ3n) is 4.33. The molecule has 0 radical (unpaired) electrons. The van der Waals surface area contributed by atoms with Gasteiger partial charge in [0.1, 0.15) is 0 Å². The zero-order valence-electron chi connectivity index (χ0n) is 9.65. The maximum atomic E-state index is 12.1. The van der Waals surface area contributed by atoms with Gasteiger partial charge in [-0.05, 0) is 25.7 Å². The molecule has 4 nitrogen and oxygen atoms in total. The Bertz CT molecular complexity index is 285. The average molecular weight is 224 g/mol. The van der Waals surface area contributed by atoms with Gasteiger partial charge in [0.15, 0.2) is 0 Å². The molecule has 16 heavy (non-hydrogen) atoms. The lowest BCUT2D eigenvalue weighted by Gasteiger charge is -2.58. The van der Waals surface area contributed by atoms with E-state index in [0.29, 0.717) is 17.4 Å². The van der Waals surface area contributed by atoms with E-state index < -0.39 is 0 Å². The average Bonchev–Trinajstić information content (AvgIpc) is 2.22. The van der Waals surface area contributed by atoms with Crippen LogP contribution in [0.25, 0.3) is 0 Å². The van der Waals surface area contributed by atoms with Crippen LogP contribution in [0.1, 0.15) is 25.7 Å². The molecule has 1 amide bonds. The van der Waals surface area contributed by atoms with Gasteiger partial charge >= 0.3 is 0 Å². The van der Waals surface area contributed by atoms with E-state index in [-0.39, 0.29) is 5.92 Å². The highest BCUT2D eigenvalue weighted by atomic mass is 16.5. The van der Waals surface area contributed by atoms with Gasteiger partial charge in [-0.3, -0.25) is 4.79 Å². The highest BCUT2D eigenvalue weighted by Gasteiger charge is 2.53. The van der Waals surface area contributed by atoms with E-state index in [4.69, 9.17) is 10.5 Å². The molecule has 0 unspecified atom stereocenters. The Morgan fingerprint density at radius 1 is 1.25 bits per heavy atom. The van der Waals surface area contributed by atoms with Gasteiger partial charge in [-0.1, -0.05) is 0 Å². The van der Waals surface area contributed by atoms with Crippen LogP contribution < -0.4 is 5.73 Å². The lowest BCUT2D eigenvalue weighted by atomic mass is 9.61. The van der Waals surface area contributed by atoms with Crippen LogP contribution in [0, 0.1) is 11.3 Å². The summed E-state index contributed by atoms with van der Waals surface area (Å²) in [6, 6.07) is 0.389. The Labute approximate surface area is 96.1 Å². The van der Waals surface area contributed by atoms with Crippen molar-refractivity contribution in [1.29, 1.82) is 0 Å². The SMILES string of the molecule is NC1CC2(C1)CN(C(=O)C1CCOCC1)C2. The number of hydrogen-bond acceptors (Lipinski definition) is 3. The molecule has 0 aromatic rings. The number of likely N-dealkylation sites (tertiary alicyclic amines) is 1. The summed E-state index contributed by atoms with van der Waals surface area (Å²) in [4.78, 5) is 14.2. The van der Waals surface area contributed by atoms with Gasteiger partial charge in [0.2, 0.25) is 5.91 Å². The summed E-state index contributed by atoms with van der Waals surface area (Å²) in [7, 11) is 0. The first-order valence-corrected chi connectivity index (χ1v) is 6.31. The standard InChI is InChI=1S/C12H20N2O2/c13-10-5-12(6-10)7-14(8-12)11(15)9-1-3-16-4-2-9/h9-10H,1-8,13H2. The van der Waals surface area contributed by atoms with E-state index in [1.165, 1.54) is 0 Å². The predicted octanol–water partition coefficient (Wildman–Crippen LogP) is 0.363. The number of amides is 1. The monoisotopic (exact) mass is 224 g/mol. The third-order valence-corrected chi connectivity index (χ3v) is 4.33. The smallest absolute Gasteiger partial charge is 0.225 e. The molecule has 90 valence electrons. The fourth-order valence-corrected chi connectivity index (χ4v) is 3.43. The molecule has 3 aliphatic rings. The fraction of sp³-hybridized carbons (Fsp3) is 0.917. The van der Waals surface area contributed by atoms with Crippen molar-refractivity contribution < 1.29 is 9.53 Å². The number of hydrogen-bond donors (Lipinski definition) is 1. The number of ether oxygens (including phenoxy) is 1. The molecule has 4 heteroatoms. The molecular weight excluding hydrogens is 204 g/mol. The van der Waals surface area contributed by atoms with Gasteiger partial charge in [0.25, 0.3) is 0 Å². The third kappa shape index (κ3) is 1.64. The number of carbonyl (C=O) groups excluding carboxylic acids is 1. The summed E-state index contributed by atoms with van der Waals surface area (Å²) in [6.07, 6.45) is 4.04. The van der Waals surface area contributed by atoms with Gasteiger partial charge in [-0.25, -0.2) is 0 Å². The van der Waals surface area contributed by atoms with E-state index in [0.717, 1.165) is 52.0 Å². The molecule has 3 rings (SSSR count). The molecule has 1 aliphatic carbocycles. The fourth-order valence-electron chi connectivity index (χ4n) is 3.43. The Morgan fingerprint density at radius 3 is 2.44 bits per heavy atom. The quantitative estimate of drug-likeness (QED) is 0.700. The largest absolute Gasteiger partial charge is 0.381 e. The molecule has 1 saturated carbocycles. The van der Waals surface area contributed by atoms with Gasteiger partial charge in [-0.2, -0.15) is 0 Å². The van der Waals surface area contributed by atoms with Gasteiger partial charge in [-0.15, -0.1) is 0 Å². The summed E-state index contributed by atoms with van der Waals surface area (Å²) in [5, 5.41) is 0. The van der Waals surface area contributed by atoms with E-state index >= 15 is 0 Å². The van der Waals surface area contributed by atoms with Crippen molar-refractivity contribution in [2.45, 2.75) is 31.7 Å². The van der Waals surface area contributed by atoms with Crippen molar-refractivity contribution in [3.8, 4) is 0 Å². The molecule has 0 bridgehead atoms. The minimum absolute atomic E-state index is 0.222. The number of nitrogens with zero attached hydrogens (tertiary/aromatic N) is 1. The van der Waals surface area contributed by atoms with Crippen LogP contribution in [-0.2, 0) is 9.53 Å². The van der Waals surface area contributed by atoms with Crippen LogP contribution in [0.15, 0.2) is 0 Å². The topological polar surface area (TPSA) is 55.6 Å². The molecule has 2 aliphatic heterocycles. The van der Waals surface area contributed by atoms with E-state index in [1.807, 2.05) is 4.90 Å². The molecule has 0 atom stereocenters. The second-order valence-electron chi connectivity index (χ2n) is 5.75. The van der Waals surface area contributed by atoms with Crippen molar-refractivity contribution in [3.05, 3.63) is 0 Å². The van der Waals surface area contributed by atoms with Gasteiger partial charge in [0, 0.05) is 43.7 Å². The molecule has 0 aromatic carbocycles. The van der Waals surface area contributed by atoms with Crippen LogP contribution in [0.4, 0.5) is 0 Å². The van der Waals surface area contributed by atoms with E-state index in [2.05, 4.69) is 0 Å². The molecule has 0 aromatic heterocycles. The highest BCUT2D eigenvalue weighted by Crippen LogP contribution is 2.48. The maximum Gasteiger partial charge on any atom is 0.225 e. The van der Waals surface area contributed by atoms with Crippen molar-refractivity contribution in [3.63, 3.8) is 0 Å². The minimum atomic E-state index is 0.222. The maximum absolute atomic E-state index is 12.1. The lowest BCUT2D eigenvalue weighted by Crippen LogP contribution is -2.67. The van der Waals surface area contributed by atoms with Gasteiger partial charge < -0.3 is 15.4 Å². The van der Waals surface area contributed by atoms with E-state index in [9.17, 15) is 4.79 Å². The Balaban J connectivity index is 1.50. The van der Waals surface area contributed by atoms with Crippen molar-refractivity contribution in [1.82, 2.24) is 4.90 Å². The first-order valence-electron chi connectivity index (χ1n) is 6.31. The van der Waals surface area contributed by atoms with Crippen LogP contribution in [-0.4, -0.2) is 43.2 Å². The minimum Gasteiger partial charge on any atom is -0.381 e. The zero-order chi connectivity index (χ0) is 11.2. The van der Waals surface area contributed by atoms with Crippen LogP contribution in [0.2, 0.25) is 0 Å². The Kier molecular flexibility index (Phi) is 2.44. The molecule has 2 saturated heterocycles. The first kappa shape index (κ1) is 10.5. The first-order chi connectivity index (χ1) is 7.69. The summed E-state index contributed by atoms with van der Waals surface area (Å²) in [5.74, 6) is 0.578. The zero-order valence-corrected chi connectivity index (χ0v) is 9.65. The van der Waals surface area contributed by atoms with Crippen molar-refractivity contribution >= 4 is 5.91 Å². The Hall–Kier alpha value is -0.610. The highest BCUT2D eigenvalue weighted by molar-refractivity contribution is 5.80. The van der Waals surface area contributed by atoms with E-state index in [1.54, 1.807) is 0 Å². The normalized spacial score (nSPS) is 29.9. The molecule has 2 N–H and O–H groups in total. The molecule has 3 fully saturated rings. The molecular formula is C12H20N2O2. The van der Waals surface area contributed by atoms with Crippen molar-refractivity contribution in [2.75, 3.05) is 26.3 Å². The summed E-state index contributed by atoms with van der Waals surface area (Å²) < 4.78 is 5.28. The summed E-state index contributed by atoms with van der Waals surface area (Å²) in [6.45, 7) is 3.41. The van der Waals surface area contributed by atoms with Crippen molar-refractivity contribution in [2.24, 2.45) is 17.1 Å². The second kappa shape index (κ2) is 3.70. The summed E-state index contributed by atoms with van der Waals surface area (Å²) in [5.41, 5.74) is 6.22. The van der Waals surface area contributed by atoms with Gasteiger partial charge in [0.05, 0.1) is 0 Å². The number of rotatable bonds is 1. The van der Waals surface area contributed by atoms with Crippen LogP contribution in [0.3, 0.4) is 0 Å². The lowest BCUT2D eigenvalue weighted by molar-refractivity contribution is -0.158. The second-order valence-corrected chi connectivity index (χ2v) is 5.75. The van der Waals surface area contributed by atoms with Crippen LogP contribution in [0.5, 0.6) is 0 Å². The molecule has 2 heterocycles. The molecule has 1 spiro atoms. The summed E-state index contributed by atoms with van der Waals surface area (Å²) >= 11 is 0. The van der Waals surface area contributed by atoms with Crippen LogP contribution >= 0.6 is 0 Å².